The summed E-state index contributed by atoms with van der Waals surface area (Å²) in [7, 11) is 0. The zero-order valence-corrected chi connectivity index (χ0v) is 16.1. The molecule has 0 aliphatic rings. The highest BCUT2D eigenvalue weighted by Gasteiger charge is 2.21. The molecule has 0 fully saturated rings. The third-order valence-corrected chi connectivity index (χ3v) is 4.48. The number of ether oxygens (including phenoxy) is 2. The maximum atomic E-state index is 12.4. The van der Waals surface area contributed by atoms with Crippen molar-refractivity contribution >= 4 is 27.8 Å². The molecule has 1 N–H and O–H groups in total. The summed E-state index contributed by atoms with van der Waals surface area (Å²) in [4.78, 5) is 20.2. The monoisotopic (exact) mass is 354 g/mol. The summed E-state index contributed by atoms with van der Waals surface area (Å²) in [5.74, 6) is -0.387. The molecule has 5 nitrogen and oxygen atoms in total. The van der Waals surface area contributed by atoms with Gasteiger partial charge in [0.2, 0.25) is 0 Å². The number of aromatic amines is 1. The van der Waals surface area contributed by atoms with Crippen LogP contribution >= 0.6 is 0 Å². The molecule has 5 heteroatoms. The lowest BCUT2D eigenvalue weighted by molar-refractivity contribution is 0.0370. The van der Waals surface area contributed by atoms with E-state index in [1.54, 1.807) is 6.20 Å². The number of pyridine rings is 1. The maximum Gasteiger partial charge on any atom is 0.357 e. The van der Waals surface area contributed by atoms with Crippen LogP contribution in [0.5, 0.6) is 0 Å². The quantitative estimate of drug-likeness (QED) is 0.627. The Labute approximate surface area is 153 Å². The fraction of sp³-hybridized carbons (Fsp3) is 0.429. The SMILES string of the molecule is CCCOC(C)c1cccc2[nH]c3cnc(C(=O)OC(C)C)c(C)c3c12. The van der Waals surface area contributed by atoms with E-state index < -0.39 is 0 Å². The molecule has 0 spiro atoms. The third kappa shape index (κ3) is 3.31. The van der Waals surface area contributed by atoms with Crippen LogP contribution in [0.1, 0.15) is 61.8 Å². The number of benzene rings is 1. The van der Waals surface area contributed by atoms with Gasteiger partial charge in [0, 0.05) is 22.9 Å². The van der Waals surface area contributed by atoms with Crippen LogP contribution in [0.15, 0.2) is 24.4 Å². The van der Waals surface area contributed by atoms with Gasteiger partial charge in [-0.1, -0.05) is 19.1 Å². The molecule has 0 saturated carbocycles. The number of esters is 1. The Bertz CT molecular complexity index is 943. The van der Waals surface area contributed by atoms with Crippen LogP contribution in [0.2, 0.25) is 0 Å². The van der Waals surface area contributed by atoms with E-state index >= 15 is 0 Å². The summed E-state index contributed by atoms with van der Waals surface area (Å²) in [6.45, 7) is 10.5. The van der Waals surface area contributed by atoms with Crippen molar-refractivity contribution in [1.29, 1.82) is 0 Å². The Kier molecular flexibility index (Phi) is 5.28. The second kappa shape index (κ2) is 7.46. The Morgan fingerprint density at radius 1 is 1.19 bits per heavy atom. The molecular formula is C21H26N2O3. The van der Waals surface area contributed by atoms with E-state index in [9.17, 15) is 4.79 Å². The highest BCUT2D eigenvalue weighted by molar-refractivity contribution is 6.12. The van der Waals surface area contributed by atoms with E-state index in [0.29, 0.717) is 12.3 Å². The van der Waals surface area contributed by atoms with Crippen LogP contribution in [0.25, 0.3) is 21.8 Å². The standard InChI is InChI=1S/C21H26N2O3/c1-6-10-25-14(5)15-8-7-9-16-19(15)18-13(4)20(21(24)26-12(2)3)22-11-17(18)23-16/h7-9,11-12,14,23H,6,10H2,1-5H3. The van der Waals surface area contributed by atoms with Crippen LogP contribution in [0.3, 0.4) is 0 Å². The van der Waals surface area contributed by atoms with Crippen molar-refractivity contribution in [2.24, 2.45) is 0 Å². The fourth-order valence-electron chi connectivity index (χ4n) is 3.33. The second-order valence-electron chi connectivity index (χ2n) is 6.88. The highest BCUT2D eigenvalue weighted by Crippen LogP contribution is 2.35. The number of carbonyl (C=O) groups excluding carboxylic acids is 1. The molecule has 2 heterocycles. The van der Waals surface area contributed by atoms with Crippen molar-refractivity contribution in [2.45, 2.75) is 53.2 Å². The van der Waals surface area contributed by atoms with Crippen molar-refractivity contribution in [3.8, 4) is 0 Å². The zero-order chi connectivity index (χ0) is 18.8. The van der Waals surface area contributed by atoms with Crippen molar-refractivity contribution in [3.63, 3.8) is 0 Å². The smallest absolute Gasteiger partial charge is 0.357 e. The van der Waals surface area contributed by atoms with E-state index in [2.05, 4.69) is 29.9 Å². The summed E-state index contributed by atoms with van der Waals surface area (Å²) in [5, 5.41) is 2.10. The first kappa shape index (κ1) is 18.4. The van der Waals surface area contributed by atoms with Crippen LogP contribution in [-0.2, 0) is 9.47 Å². The summed E-state index contributed by atoms with van der Waals surface area (Å²) < 4.78 is 11.3. The maximum absolute atomic E-state index is 12.4. The van der Waals surface area contributed by atoms with Gasteiger partial charge in [-0.3, -0.25) is 0 Å². The second-order valence-corrected chi connectivity index (χ2v) is 6.88. The number of fused-ring (bicyclic) bond motifs is 3. The summed E-state index contributed by atoms with van der Waals surface area (Å²) in [6.07, 6.45) is 2.47. The van der Waals surface area contributed by atoms with Crippen molar-refractivity contribution < 1.29 is 14.3 Å². The predicted molar refractivity (Wildman–Crippen MR) is 104 cm³/mol. The topological polar surface area (TPSA) is 64.2 Å². The van der Waals surface area contributed by atoms with Crippen molar-refractivity contribution in [2.75, 3.05) is 6.61 Å². The van der Waals surface area contributed by atoms with E-state index in [0.717, 1.165) is 39.4 Å². The zero-order valence-electron chi connectivity index (χ0n) is 16.1. The molecule has 0 aliphatic heterocycles. The van der Waals surface area contributed by atoms with Gasteiger partial charge in [-0.25, -0.2) is 9.78 Å². The molecule has 0 amide bonds. The number of carbonyl (C=O) groups is 1. The Hall–Kier alpha value is -2.40. The van der Waals surface area contributed by atoms with E-state index in [1.807, 2.05) is 32.9 Å². The average molecular weight is 354 g/mol. The molecule has 0 saturated heterocycles. The summed E-state index contributed by atoms with van der Waals surface area (Å²) >= 11 is 0. The van der Waals surface area contributed by atoms with Crippen molar-refractivity contribution in [3.05, 3.63) is 41.2 Å². The number of nitrogens with one attached hydrogen (secondary N) is 1. The number of hydrogen-bond donors (Lipinski definition) is 1. The van der Waals surface area contributed by atoms with Crippen LogP contribution < -0.4 is 0 Å². The number of nitrogens with zero attached hydrogens (tertiary/aromatic N) is 1. The number of hydrogen-bond acceptors (Lipinski definition) is 4. The number of aryl methyl sites for hydroxylation is 1. The fourth-order valence-corrected chi connectivity index (χ4v) is 3.33. The Balaban J connectivity index is 2.20. The van der Waals surface area contributed by atoms with Crippen LogP contribution in [-0.4, -0.2) is 28.6 Å². The summed E-state index contributed by atoms with van der Waals surface area (Å²) in [5.41, 5.74) is 4.23. The summed E-state index contributed by atoms with van der Waals surface area (Å²) in [6, 6.07) is 6.15. The minimum absolute atomic E-state index is 0.0312. The molecule has 138 valence electrons. The number of aromatic nitrogens is 2. The van der Waals surface area contributed by atoms with Gasteiger partial charge in [0.25, 0.3) is 0 Å². The molecule has 3 aromatic rings. The molecule has 1 aromatic carbocycles. The van der Waals surface area contributed by atoms with Gasteiger partial charge in [0.15, 0.2) is 5.69 Å². The van der Waals surface area contributed by atoms with Crippen LogP contribution in [0, 0.1) is 6.92 Å². The largest absolute Gasteiger partial charge is 0.458 e. The molecule has 0 bridgehead atoms. The molecule has 0 radical (unpaired) electrons. The molecule has 0 aliphatic carbocycles. The Morgan fingerprint density at radius 2 is 1.96 bits per heavy atom. The van der Waals surface area contributed by atoms with Crippen molar-refractivity contribution in [1.82, 2.24) is 9.97 Å². The Morgan fingerprint density at radius 3 is 2.65 bits per heavy atom. The normalized spacial score (nSPS) is 12.8. The lowest BCUT2D eigenvalue weighted by Crippen LogP contribution is -2.14. The molecule has 1 atom stereocenters. The van der Waals surface area contributed by atoms with Gasteiger partial charge >= 0.3 is 5.97 Å². The minimum atomic E-state index is -0.387. The lowest BCUT2D eigenvalue weighted by Gasteiger charge is -2.15. The van der Waals surface area contributed by atoms with Gasteiger partial charge < -0.3 is 14.5 Å². The third-order valence-electron chi connectivity index (χ3n) is 4.48. The van der Waals surface area contributed by atoms with Gasteiger partial charge in [-0.2, -0.15) is 0 Å². The molecule has 1 unspecified atom stereocenters. The lowest BCUT2D eigenvalue weighted by atomic mass is 9.99. The molecule has 26 heavy (non-hydrogen) atoms. The highest BCUT2D eigenvalue weighted by atomic mass is 16.5. The molecule has 3 rings (SSSR count). The first-order valence-corrected chi connectivity index (χ1v) is 9.16. The number of H-pyrrole nitrogens is 1. The number of rotatable bonds is 6. The van der Waals surface area contributed by atoms with E-state index in [4.69, 9.17) is 9.47 Å². The first-order chi connectivity index (χ1) is 12.4. The predicted octanol–water partition coefficient (Wildman–Crippen LogP) is 5.08. The minimum Gasteiger partial charge on any atom is -0.458 e. The first-order valence-electron chi connectivity index (χ1n) is 9.16. The van der Waals surface area contributed by atoms with E-state index in [1.165, 1.54) is 0 Å². The van der Waals surface area contributed by atoms with Gasteiger partial charge in [0.1, 0.15) is 0 Å². The molecule has 2 aromatic heterocycles. The molecular weight excluding hydrogens is 328 g/mol. The average Bonchev–Trinajstić information content (AvgIpc) is 2.98. The van der Waals surface area contributed by atoms with Crippen LogP contribution in [0.4, 0.5) is 0 Å². The van der Waals surface area contributed by atoms with Gasteiger partial charge in [-0.05, 0) is 51.3 Å². The van der Waals surface area contributed by atoms with E-state index in [-0.39, 0.29) is 18.2 Å². The van der Waals surface area contributed by atoms with Gasteiger partial charge in [0.05, 0.1) is 23.9 Å². The van der Waals surface area contributed by atoms with Gasteiger partial charge in [-0.15, -0.1) is 0 Å².